The Bertz CT molecular complexity index is 384. The summed E-state index contributed by atoms with van der Waals surface area (Å²) in [5.41, 5.74) is 2.49. The summed E-state index contributed by atoms with van der Waals surface area (Å²) in [5, 5.41) is 0. The van der Waals surface area contributed by atoms with Crippen molar-refractivity contribution in [3.63, 3.8) is 0 Å². The highest BCUT2D eigenvalue weighted by atomic mass is 16.5. The van der Waals surface area contributed by atoms with Crippen molar-refractivity contribution in [2.75, 3.05) is 44.7 Å². The molecule has 1 radical (unpaired) electrons. The maximum absolute atomic E-state index is 5.56. The predicted octanol–water partition coefficient (Wildman–Crippen LogP) is 1.17. The third kappa shape index (κ3) is 1.76. The SMILES string of the molecule is CN1CCN(c2[c]c3c(cc2)CCO3)CC1. The summed E-state index contributed by atoms with van der Waals surface area (Å²) in [6, 6.07) is 7.76. The number of rotatable bonds is 1. The number of benzene rings is 1. The molecule has 0 N–H and O–H groups in total. The molecule has 0 unspecified atom stereocenters. The van der Waals surface area contributed by atoms with Crippen LogP contribution in [0.5, 0.6) is 5.75 Å². The summed E-state index contributed by atoms with van der Waals surface area (Å²) in [4.78, 5) is 4.75. The van der Waals surface area contributed by atoms with Gasteiger partial charge in [0.05, 0.1) is 12.7 Å². The van der Waals surface area contributed by atoms with Gasteiger partial charge in [0, 0.05) is 38.3 Å². The number of piperazine rings is 1. The standard InChI is InChI=1S/C13H17N2O/c1-14-5-7-15(8-6-14)12-3-2-11-4-9-16-13(11)10-12/h2-3H,4-9H2,1H3. The molecule has 3 rings (SSSR count). The highest BCUT2D eigenvalue weighted by Gasteiger charge is 2.18. The summed E-state index contributed by atoms with van der Waals surface area (Å²) >= 11 is 0. The van der Waals surface area contributed by atoms with Gasteiger partial charge >= 0.3 is 0 Å². The second-order valence-electron chi connectivity index (χ2n) is 4.59. The van der Waals surface area contributed by atoms with E-state index in [1.165, 1.54) is 11.3 Å². The molecule has 0 saturated carbocycles. The average molecular weight is 217 g/mol. The van der Waals surface area contributed by atoms with E-state index in [1.54, 1.807) is 0 Å². The van der Waals surface area contributed by atoms with Crippen molar-refractivity contribution in [2.45, 2.75) is 6.42 Å². The van der Waals surface area contributed by atoms with Gasteiger partial charge in [0.25, 0.3) is 0 Å². The molecule has 1 saturated heterocycles. The number of anilines is 1. The Morgan fingerprint density at radius 1 is 1.19 bits per heavy atom. The number of ether oxygens (including phenoxy) is 1. The van der Waals surface area contributed by atoms with Crippen molar-refractivity contribution < 1.29 is 4.74 Å². The predicted molar refractivity (Wildman–Crippen MR) is 64.2 cm³/mol. The summed E-state index contributed by atoms with van der Waals surface area (Å²) in [6.45, 7) is 5.26. The fourth-order valence-electron chi connectivity index (χ4n) is 2.31. The van der Waals surface area contributed by atoms with Crippen LogP contribution in [0.15, 0.2) is 12.1 Å². The van der Waals surface area contributed by atoms with E-state index in [9.17, 15) is 0 Å². The van der Waals surface area contributed by atoms with Crippen LogP contribution in [0.2, 0.25) is 0 Å². The minimum Gasteiger partial charge on any atom is -0.492 e. The molecule has 0 aliphatic carbocycles. The minimum absolute atomic E-state index is 0.817. The van der Waals surface area contributed by atoms with E-state index < -0.39 is 0 Å². The zero-order valence-electron chi connectivity index (χ0n) is 9.70. The average Bonchev–Trinajstić information content (AvgIpc) is 2.77. The van der Waals surface area contributed by atoms with Crippen LogP contribution in [0.3, 0.4) is 0 Å². The van der Waals surface area contributed by atoms with Gasteiger partial charge in [-0.2, -0.15) is 0 Å². The van der Waals surface area contributed by atoms with E-state index in [2.05, 4.69) is 35.0 Å². The highest BCUT2D eigenvalue weighted by Crippen LogP contribution is 2.29. The van der Waals surface area contributed by atoms with Gasteiger partial charge in [0.1, 0.15) is 5.75 Å². The molecular weight excluding hydrogens is 200 g/mol. The molecule has 0 bridgehead atoms. The van der Waals surface area contributed by atoms with Gasteiger partial charge in [-0.25, -0.2) is 0 Å². The number of hydrogen-bond acceptors (Lipinski definition) is 3. The van der Waals surface area contributed by atoms with Crippen LogP contribution >= 0.6 is 0 Å². The Labute approximate surface area is 96.6 Å². The molecule has 0 atom stereocenters. The summed E-state index contributed by atoms with van der Waals surface area (Å²) in [7, 11) is 2.17. The van der Waals surface area contributed by atoms with Crippen LogP contribution in [0, 0.1) is 6.07 Å². The number of nitrogens with zero attached hydrogens (tertiary/aromatic N) is 2. The van der Waals surface area contributed by atoms with Crippen LogP contribution in [0.25, 0.3) is 0 Å². The van der Waals surface area contributed by atoms with E-state index in [0.717, 1.165) is 45.0 Å². The molecule has 0 spiro atoms. The Morgan fingerprint density at radius 3 is 2.81 bits per heavy atom. The fourth-order valence-corrected chi connectivity index (χ4v) is 2.31. The van der Waals surface area contributed by atoms with Crippen molar-refractivity contribution in [3.05, 3.63) is 23.8 Å². The third-order valence-electron chi connectivity index (χ3n) is 3.44. The molecule has 0 aromatic heterocycles. The normalized spacial score (nSPS) is 20.7. The summed E-state index contributed by atoms with van der Waals surface area (Å²) < 4.78 is 5.56. The lowest BCUT2D eigenvalue weighted by Crippen LogP contribution is -2.44. The quantitative estimate of drug-likeness (QED) is 0.702. The minimum atomic E-state index is 0.817. The maximum Gasteiger partial charge on any atom is 0.132 e. The zero-order valence-corrected chi connectivity index (χ0v) is 9.70. The van der Waals surface area contributed by atoms with Gasteiger partial charge in [-0.15, -0.1) is 0 Å². The van der Waals surface area contributed by atoms with Crippen LogP contribution in [0.4, 0.5) is 5.69 Å². The van der Waals surface area contributed by atoms with Crippen LogP contribution < -0.4 is 9.64 Å². The van der Waals surface area contributed by atoms with Crippen molar-refractivity contribution in [1.29, 1.82) is 0 Å². The highest BCUT2D eigenvalue weighted by molar-refractivity contribution is 5.53. The Morgan fingerprint density at radius 2 is 2.00 bits per heavy atom. The first-order chi connectivity index (χ1) is 7.83. The first-order valence-corrected chi connectivity index (χ1v) is 5.94. The smallest absolute Gasteiger partial charge is 0.132 e. The van der Waals surface area contributed by atoms with E-state index >= 15 is 0 Å². The van der Waals surface area contributed by atoms with Crippen LogP contribution in [0.1, 0.15) is 5.56 Å². The van der Waals surface area contributed by atoms with E-state index in [-0.39, 0.29) is 0 Å². The van der Waals surface area contributed by atoms with Crippen molar-refractivity contribution in [1.82, 2.24) is 4.90 Å². The number of likely N-dealkylation sites (N-methyl/N-ethyl adjacent to an activating group) is 1. The van der Waals surface area contributed by atoms with Crippen molar-refractivity contribution in [2.24, 2.45) is 0 Å². The van der Waals surface area contributed by atoms with Crippen LogP contribution in [-0.4, -0.2) is 44.7 Å². The first kappa shape index (κ1) is 9.97. The van der Waals surface area contributed by atoms with Crippen molar-refractivity contribution >= 4 is 5.69 Å². The van der Waals surface area contributed by atoms with E-state index in [4.69, 9.17) is 4.74 Å². The molecule has 85 valence electrons. The van der Waals surface area contributed by atoms with Crippen molar-refractivity contribution in [3.8, 4) is 5.75 Å². The van der Waals surface area contributed by atoms with Gasteiger partial charge < -0.3 is 14.5 Å². The Kier molecular flexibility index (Phi) is 2.48. The fraction of sp³-hybridized carbons (Fsp3) is 0.538. The summed E-state index contributed by atoms with van der Waals surface area (Å²) in [5.74, 6) is 0.969. The molecule has 3 nitrogen and oxygen atoms in total. The lowest BCUT2D eigenvalue weighted by Gasteiger charge is -2.34. The molecule has 2 heterocycles. The third-order valence-corrected chi connectivity index (χ3v) is 3.44. The van der Waals surface area contributed by atoms with Crippen LogP contribution in [-0.2, 0) is 6.42 Å². The molecule has 1 fully saturated rings. The van der Waals surface area contributed by atoms with Gasteiger partial charge in [-0.05, 0) is 18.7 Å². The molecule has 16 heavy (non-hydrogen) atoms. The largest absolute Gasteiger partial charge is 0.492 e. The molecular formula is C13H17N2O. The van der Waals surface area contributed by atoms with Gasteiger partial charge in [-0.1, -0.05) is 6.07 Å². The lowest BCUT2D eigenvalue weighted by molar-refractivity contribution is 0.312. The van der Waals surface area contributed by atoms with Gasteiger partial charge in [0.15, 0.2) is 0 Å². The number of hydrogen-bond donors (Lipinski definition) is 0. The molecule has 3 heteroatoms. The Balaban J connectivity index is 1.79. The molecule has 2 aliphatic heterocycles. The maximum atomic E-state index is 5.56. The van der Waals surface area contributed by atoms with Gasteiger partial charge in [0.2, 0.25) is 0 Å². The second-order valence-corrected chi connectivity index (χ2v) is 4.59. The monoisotopic (exact) mass is 217 g/mol. The lowest BCUT2D eigenvalue weighted by atomic mass is 10.1. The second kappa shape index (κ2) is 3.98. The topological polar surface area (TPSA) is 15.7 Å². The van der Waals surface area contributed by atoms with Gasteiger partial charge in [-0.3, -0.25) is 0 Å². The molecule has 1 aromatic rings. The molecule has 1 aromatic carbocycles. The Hall–Kier alpha value is -1.22. The van der Waals surface area contributed by atoms with E-state index in [1.807, 2.05) is 0 Å². The van der Waals surface area contributed by atoms with E-state index in [0.29, 0.717) is 0 Å². The zero-order chi connectivity index (χ0) is 11.0. The summed E-state index contributed by atoms with van der Waals surface area (Å²) in [6.07, 6.45) is 1.04. The first-order valence-electron chi connectivity index (χ1n) is 5.94. The number of fused-ring (bicyclic) bond motifs is 1. The molecule has 2 aliphatic rings. The molecule has 0 amide bonds.